The van der Waals surface area contributed by atoms with Crippen LogP contribution < -0.4 is 4.72 Å². The average molecular weight is 452 g/mol. The van der Waals surface area contributed by atoms with E-state index >= 15 is 0 Å². The molecular weight excluding hydrogens is 425 g/mol. The molecule has 5 nitrogen and oxygen atoms in total. The van der Waals surface area contributed by atoms with Gasteiger partial charge in [-0.15, -0.1) is 0 Å². The van der Waals surface area contributed by atoms with E-state index in [1.54, 1.807) is 24.3 Å². The van der Waals surface area contributed by atoms with E-state index in [4.69, 9.17) is 0 Å². The maximum atomic E-state index is 13.4. The highest BCUT2D eigenvalue weighted by Gasteiger charge is 2.16. The van der Waals surface area contributed by atoms with Gasteiger partial charge in [0, 0.05) is 18.7 Å². The molecule has 0 saturated carbocycles. The number of nitrogens with one attached hydrogen (secondary N) is 1. The molecule has 0 unspecified atom stereocenters. The first-order valence-electron chi connectivity index (χ1n) is 10.6. The van der Waals surface area contributed by atoms with Gasteiger partial charge in [0.15, 0.2) is 0 Å². The summed E-state index contributed by atoms with van der Waals surface area (Å²) in [6, 6.07) is 20.8. The summed E-state index contributed by atoms with van der Waals surface area (Å²) in [6.07, 6.45) is 0.910. The minimum Gasteiger partial charge on any atom is -0.323 e. The fourth-order valence-electron chi connectivity index (χ4n) is 3.77. The van der Waals surface area contributed by atoms with Crippen LogP contribution in [0.1, 0.15) is 19.4 Å². The van der Waals surface area contributed by atoms with Crippen molar-refractivity contribution in [3.63, 3.8) is 0 Å². The number of rotatable bonds is 8. The average Bonchev–Trinajstić information content (AvgIpc) is 3.13. The van der Waals surface area contributed by atoms with E-state index in [9.17, 15) is 12.8 Å². The molecule has 0 aliphatic carbocycles. The van der Waals surface area contributed by atoms with Crippen molar-refractivity contribution >= 4 is 21.1 Å². The van der Waals surface area contributed by atoms with Crippen molar-refractivity contribution in [2.24, 2.45) is 5.92 Å². The molecule has 0 saturated heterocycles. The van der Waals surface area contributed by atoms with Crippen LogP contribution in [0.25, 0.3) is 22.4 Å². The smallest absolute Gasteiger partial charge is 0.240 e. The van der Waals surface area contributed by atoms with Crippen LogP contribution in [0.15, 0.2) is 77.7 Å². The molecule has 4 aromatic rings. The SMILES string of the molecule is CC(C)Cc1ccc(S(=O)(=O)NCCn2c(-c3ccc(F)cc3)nc3ccccc32)cc1. The molecule has 7 heteroatoms. The van der Waals surface area contributed by atoms with Gasteiger partial charge in [0.25, 0.3) is 0 Å². The lowest BCUT2D eigenvalue weighted by atomic mass is 10.0. The molecule has 0 aliphatic rings. The van der Waals surface area contributed by atoms with Crippen LogP contribution in [0.3, 0.4) is 0 Å². The fourth-order valence-corrected chi connectivity index (χ4v) is 4.79. The summed E-state index contributed by atoms with van der Waals surface area (Å²) >= 11 is 0. The predicted molar refractivity (Wildman–Crippen MR) is 125 cm³/mol. The Morgan fingerprint density at radius 1 is 0.969 bits per heavy atom. The molecule has 4 rings (SSSR count). The van der Waals surface area contributed by atoms with Crippen molar-refractivity contribution in [3.05, 3.63) is 84.2 Å². The standard InChI is InChI=1S/C25H26FN3O2S/c1-18(2)17-19-7-13-22(14-8-19)32(30,31)27-15-16-29-24-6-4-3-5-23(24)28-25(29)20-9-11-21(26)12-10-20/h3-14,18,27H,15-17H2,1-2H3. The number of hydrogen-bond donors (Lipinski definition) is 1. The third kappa shape index (κ3) is 4.89. The zero-order valence-corrected chi connectivity index (χ0v) is 18.9. The molecule has 0 spiro atoms. The summed E-state index contributed by atoms with van der Waals surface area (Å²) in [5, 5.41) is 0. The number of para-hydroxylation sites is 2. The molecule has 166 valence electrons. The molecule has 0 atom stereocenters. The molecule has 1 aromatic heterocycles. The van der Waals surface area contributed by atoms with Crippen molar-refractivity contribution in [2.45, 2.75) is 31.7 Å². The normalized spacial score (nSPS) is 12.0. The Morgan fingerprint density at radius 3 is 2.34 bits per heavy atom. The van der Waals surface area contributed by atoms with Gasteiger partial charge in [0.2, 0.25) is 10.0 Å². The van der Waals surface area contributed by atoms with Gasteiger partial charge in [0.05, 0.1) is 15.9 Å². The quantitative estimate of drug-likeness (QED) is 0.409. The minimum atomic E-state index is -3.63. The van der Waals surface area contributed by atoms with Crippen LogP contribution in [-0.4, -0.2) is 24.5 Å². The van der Waals surface area contributed by atoms with Gasteiger partial charge in [-0.05, 0) is 66.4 Å². The molecule has 0 fully saturated rings. The molecule has 1 heterocycles. The molecule has 0 amide bonds. The number of benzene rings is 3. The Hall–Kier alpha value is -3.03. The zero-order chi connectivity index (χ0) is 22.7. The summed E-state index contributed by atoms with van der Waals surface area (Å²) in [5.74, 6) is 0.864. The summed E-state index contributed by atoms with van der Waals surface area (Å²) < 4.78 is 43.6. The second kappa shape index (κ2) is 9.22. The molecule has 0 bridgehead atoms. The highest BCUT2D eigenvalue weighted by molar-refractivity contribution is 7.89. The van der Waals surface area contributed by atoms with Crippen LogP contribution in [-0.2, 0) is 23.0 Å². The maximum absolute atomic E-state index is 13.4. The molecule has 3 aromatic carbocycles. The lowest BCUT2D eigenvalue weighted by molar-refractivity contribution is 0.574. The van der Waals surface area contributed by atoms with Crippen molar-refractivity contribution < 1.29 is 12.8 Å². The third-order valence-corrected chi connectivity index (χ3v) is 6.74. The van der Waals surface area contributed by atoms with Gasteiger partial charge < -0.3 is 4.57 Å². The van der Waals surface area contributed by atoms with E-state index in [2.05, 4.69) is 23.6 Å². The van der Waals surface area contributed by atoms with Crippen molar-refractivity contribution in [2.75, 3.05) is 6.54 Å². The number of nitrogens with zero attached hydrogens (tertiary/aromatic N) is 2. The molecular formula is C25H26FN3O2S. The van der Waals surface area contributed by atoms with Crippen molar-refractivity contribution in [3.8, 4) is 11.4 Å². The first-order valence-corrected chi connectivity index (χ1v) is 12.1. The van der Waals surface area contributed by atoms with E-state index in [1.165, 1.54) is 12.1 Å². The Balaban J connectivity index is 1.54. The second-order valence-electron chi connectivity index (χ2n) is 8.22. The van der Waals surface area contributed by atoms with Crippen LogP contribution >= 0.6 is 0 Å². The van der Waals surface area contributed by atoms with E-state index in [1.807, 2.05) is 41.0 Å². The number of aromatic nitrogens is 2. The summed E-state index contributed by atoms with van der Waals surface area (Å²) in [6.45, 7) is 4.85. The van der Waals surface area contributed by atoms with Gasteiger partial charge in [-0.25, -0.2) is 22.5 Å². The predicted octanol–water partition coefficient (Wildman–Crippen LogP) is 5.02. The van der Waals surface area contributed by atoms with Crippen molar-refractivity contribution in [1.82, 2.24) is 14.3 Å². The molecule has 0 aliphatic heterocycles. The monoisotopic (exact) mass is 451 g/mol. The molecule has 0 radical (unpaired) electrons. The van der Waals surface area contributed by atoms with E-state index in [0.717, 1.165) is 28.6 Å². The molecule has 32 heavy (non-hydrogen) atoms. The van der Waals surface area contributed by atoms with Crippen LogP contribution in [0.2, 0.25) is 0 Å². The molecule has 1 N–H and O–H groups in total. The van der Waals surface area contributed by atoms with E-state index in [0.29, 0.717) is 18.3 Å². The van der Waals surface area contributed by atoms with Gasteiger partial charge >= 0.3 is 0 Å². The summed E-state index contributed by atoms with van der Waals surface area (Å²) in [4.78, 5) is 4.93. The van der Waals surface area contributed by atoms with Gasteiger partial charge in [-0.3, -0.25) is 0 Å². The largest absolute Gasteiger partial charge is 0.323 e. The minimum absolute atomic E-state index is 0.199. The topological polar surface area (TPSA) is 64.0 Å². The van der Waals surface area contributed by atoms with E-state index < -0.39 is 10.0 Å². The maximum Gasteiger partial charge on any atom is 0.240 e. The fraction of sp³-hybridized carbons (Fsp3) is 0.240. The van der Waals surface area contributed by atoms with Crippen LogP contribution in [0.5, 0.6) is 0 Å². The third-order valence-electron chi connectivity index (χ3n) is 5.26. The number of sulfonamides is 1. The second-order valence-corrected chi connectivity index (χ2v) is 9.99. The lowest BCUT2D eigenvalue weighted by Crippen LogP contribution is -2.27. The number of imidazole rings is 1. The lowest BCUT2D eigenvalue weighted by Gasteiger charge is -2.12. The Labute approximate surface area is 188 Å². The van der Waals surface area contributed by atoms with Crippen LogP contribution in [0, 0.1) is 11.7 Å². The van der Waals surface area contributed by atoms with Gasteiger partial charge in [-0.2, -0.15) is 0 Å². The Bertz CT molecular complexity index is 1310. The summed E-state index contributed by atoms with van der Waals surface area (Å²) in [7, 11) is -3.63. The van der Waals surface area contributed by atoms with Gasteiger partial charge in [0.1, 0.15) is 11.6 Å². The summed E-state index contributed by atoms with van der Waals surface area (Å²) in [5.41, 5.74) is 3.58. The van der Waals surface area contributed by atoms with Crippen LogP contribution in [0.4, 0.5) is 4.39 Å². The zero-order valence-electron chi connectivity index (χ0n) is 18.1. The first-order chi connectivity index (χ1) is 15.3. The Kier molecular flexibility index (Phi) is 6.39. The Morgan fingerprint density at radius 2 is 1.66 bits per heavy atom. The highest BCUT2D eigenvalue weighted by atomic mass is 32.2. The highest BCUT2D eigenvalue weighted by Crippen LogP contribution is 2.25. The number of halogens is 1. The number of fused-ring (bicyclic) bond motifs is 1. The van der Waals surface area contributed by atoms with Gasteiger partial charge in [-0.1, -0.05) is 38.1 Å². The first kappa shape index (κ1) is 22.2. The number of hydrogen-bond acceptors (Lipinski definition) is 3. The van der Waals surface area contributed by atoms with E-state index in [-0.39, 0.29) is 17.3 Å². The van der Waals surface area contributed by atoms with Crippen molar-refractivity contribution in [1.29, 1.82) is 0 Å².